The van der Waals surface area contributed by atoms with Crippen molar-refractivity contribution < 1.29 is 19.1 Å². The number of ether oxygens (including phenoxy) is 2. The summed E-state index contributed by atoms with van der Waals surface area (Å²) < 4.78 is 10.4. The molecule has 0 saturated carbocycles. The van der Waals surface area contributed by atoms with Gasteiger partial charge in [-0.25, -0.2) is 9.59 Å². The van der Waals surface area contributed by atoms with Gasteiger partial charge in [-0.2, -0.15) is 0 Å². The van der Waals surface area contributed by atoms with Crippen LogP contribution >= 0.6 is 11.6 Å². The summed E-state index contributed by atoms with van der Waals surface area (Å²) in [5.41, 5.74) is 1.40. The summed E-state index contributed by atoms with van der Waals surface area (Å²) in [6.07, 6.45) is 2.39. The minimum absolute atomic E-state index is 0.0184. The van der Waals surface area contributed by atoms with Crippen molar-refractivity contribution in [3.8, 4) is 0 Å². The van der Waals surface area contributed by atoms with Crippen LogP contribution in [-0.4, -0.2) is 17.7 Å². The fourth-order valence-electron chi connectivity index (χ4n) is 2.32. The molecule has 1 aromatic rings. The molecule has 0 spiro atoms. The molecule has 1 saturated heterocycles. The second-order valence-corrected chi connectivity index (χ2v) is 6.08. The van der Waals surface area contributed by atoms with E-state index < -0.39 is 17.7 Å². The SMILES string of the molecule is CCCCC(=C1C(=O)OC(C)(C)OC1=O)c1ccc(Cl)cc1. The Labute approximate surface area is 135 Å². The standard InChI is InChI=1S/C17H19ClO4/c1-4-5-6-13(11-7-9-12(18)10-8-11)14-15(19)21-17(2,3)22-16(14)20/h7-10H,4-6H2,1-3H3. The van der Waals surface area contributed by atoms with Gasteiger partial charge in [0, 0.05) is 18.9 Å². The first-order valence-electron chi connectivity index (χ1n) is 7.30. The highest BCUT2D eigenvalue weighted by Gasteiger charge is 2.40. The first-order chi connectivity index (χ1) is 10.3. The van der Waals surface area contributed by atoms with Gasteiger partial charge in [0.25, 0.3) is 5.79 Å². The number of cyclic esters (lactones) is 2. The molecule has 4 nitrogen and oxygen atoms in total. The summed E-state index contributed by atoms with van der Waals surface area (Å²) in [6, 6.07) is 7.04. The summed E-state index contributed by atoms with van der Waals surface area (Å²) in [7, 11) is 0. The number of esters is 2. The molecule has 2 rings (SSSR count). The van der Waals surface area contributed by atoms with E-state index in [4.69, 9.17) is 21.1 Å². The fourth-order valence-corrected chi connectivity index (χ4v) is 2.44. The molecule has 0 unspecified atom stereocenters. The van der Waals surface area contributed by atoms with Crippen molar-refractivity contribution in [2.75, 3.05) is 0 Å². The van der Waals surface area contributed by atoms with E-state index in [9.17, 15) is 9.59 Å². The normalized spacial score (nSPS) is 17.0. The second-order valence-electron chi connectivity index (χ2n) is 5.64. The van der Waals surface area contributed by atoms with Crippen molar-refractivity contribution in [3.63, 3.8) is 0 Å². The maximum atomic E-state index is 12.3. The molecule has 1 aliphatic rings. The molecule has 1 aromatic carbocycles. The smallest absolute Gasteiger partial charge is 0.349 e. The molecule has 0 N–H and O–H groups in total. The molecule has 0 bridgehead atoms. The maximum absolute atomic E-state index is 12.3. The summed E-state index contributed by atoms with van der Waals surface area (Å²) >= 11 is 5.90. The van der Waals surface area contributed by atoms with E-state index in [1.165, 1.54) is 13.8 Å². The average Bonchev–Trinajstić information content (AvgIpc) is 2.41. The fraction of sp³-hybridized carbons (Fsp3) is 0.412. The molecule has 0 amide bonds. The van der Waals surface area contributed by atoms with E-state index in [0.717, 1.165) is 18.4 Å². The van der Waals surface area contributed by atoms with Gasteiger partial charge in [0.15, 0.2) is 0 Å². The number of rotatable bonds is 4. The van der Waals surface area contributed by atoms with Crippen molar-refractivity contribution in [2.24, 2.45) is 0 Å². The molecular weight excluding hydrogens is 304 g/mol. The zero-order valence-corrected chi connectivity index (χ0v) is 13.7. The van der Waals surface area contributed by atoms with Crippen LogP contribution in [0.1, 0.15) is 45.6 Å². The average molecular weight is 323 g/mol. The predicted octanol–water partition coefficient (Wildman–Crippen LogP) is 4.12. The van der Waals surface area contributed by atoms with Crippen LogP contribution in [0.2, 0.25) is 5.02 Å². The number of allylic oxidation sites excluding steroid dienone is 1. The Morgan fingerprint density at radius 1 is 1.09 bits per heavy atom. The first-order valence-corrected chi connectivity index (χ1v) is 7.67. The number of unbranched alkanes of at least 4 members (excludes halogenated alkanes) is 1. The molecule has 0 aliphatic carbocycles. The van der Waals surface area contributed by atoms with Gasteiger partial charge in [-0.1, -0.05) is 37.1 Å². The van der Waals surface area contributed by atoms with Gasteiger partial charge in [0.2, 0.25) is 0 Å². The third kappa shape index (κ3) is 3.69. The Morgan fingerprint density at radius 3 is 2.14 bits per heavy atom. The van der Waals surface area contributed by atoms with Crippen LogP contribution in [0.3, 0.4) is 0 Å². The van der Waals surface area contributed by atoms with Crippen LogP contribution in [0.4, 0.5) is 0 Å². The van der Waals surface area contributed by atoms with Crippen LogP contribution in [0.25, 0.3) is 5.57 Å². The lowest BCUT2D eigenvalue weighted by atomic mass is 9.94. The number of hydrogen-bond donors (Lipinski definition) is 0. The van der Waals surface area contributed by atoms with Gasteiger partial charge in [0.05, 0.1) is 0 Å². The lowest BCUT2D eigenvalue weighted by molar-refractivity contribution is -0.222. The van der Waals surface area contributed by atoms with Crippen molar-refractivity contribution >= 4 is 29.1 Å². The van der Waals surface area contributed by atoms with Gasteiger partial charge in [-0.05, 0) is 36.1 Å². The summed E-state index contributed by atoms with van der Waals surface area (Å²) in [5, 5.41) is 0.596. The minimum atomic E-state index is -1.23. The Morgan fingerprint density at radius 2 is 1.64 bits per heavy atom. The van der Waals surface area contributed by atoms with E-state index in [-0.39, 0.29) is 5.57 Å². The quantitative estimate of drug-likeness (QED) is 0.475. The third-order valence-corrected chi connectivity index (χ3v) is 3.61. The molecule has 1 heterocycles. The van der Waals surface area contributed by atoms with Crippen LogP contribution in [0.15, 0.2) is 29.8 Å². The van der Waals surface area contributed by atoms with E-state index in [1.807, 2.05) is 6.92 Å². The topological polar surface area (TPSA) is 52.6 Å². The number of halogens is 1. The number of hydrogen-bond acceptors (Lipinski definition) is 4. The molecule has 0 atom stereocenters. The molecule has 0 aromatic heterocycles. The zero-order valence-electron chi connectivity index (χ0n) is 12.9. The zero-order chi connectivity index (χ0) is 16.3. The summed E-state index contributed by atoms with van der Waals surface area (Å²) in [6.45, 7) is 5.12. The Hall–Kier alpha value is -1.81. The number of benzene rings is 1. The van der Waals surface area contributed by atoms with Gasteiger partial charge >= 0.3 is 11.9 Å². The highest BCUT2D eigenvalue weighted by Crippen LogP contribution is 2.32. The molecule has 0 radical (unpaired) electrons. The van der Waals surface area contributed by atoms with Gasteiger partial charge < -0.3 is 9.47 Å². The molecule has 5 heteroatoms. The molecule has 1 fully saturated rings. The van der Waals surface area contributed by atoms with E-state index in [0.29, 0.717) is 17.0 Å². The van der Waals surface area contributed by atoms with Crippen molar-refractivity contribution in [2.45, 2.75) is 45.8 Å². The van der Waals surface area contributed by atoms with E-state index in [1.54, 1.807) is 24.3 Å². The van der Waals surface area contributed by atoms with E-state index in [2.05, 4.69) is 0 Å². The van der Waals surface area contributed by atoms with Crippen LogP contribution < -0.4 is 0 Å². The van der Waals surface area contributed by atoms with Crippen molar-refractivity contribution in [3.05, 3.63) is 40.4 Å². The Kier molecular flexibility index (Phi) is 4.91. The minimum Gasteiger partial charge on any atom is -0.419 e. The monoisotopic (exact) mass is 322 g/mol. The van der Waals surface area contributed by atoms with Crippen LogP contribution in [0, 0.1) is 0 Å². The molecule has 118 valence electrons. The lowest BCUT2D eigenvalue weighted by Crippen LogP contribution is -2.42. The highest BCUT2D eigenvalue weighted by atomic mass is 35.5. The third-order valence-electron chi connectivity index (χ3n) is 3.36. The Balaban J connectivity index is 2.49. The van der Waals surface area contributed by atoms with E-state index >= 15 is 0 Å². The second kappa shape index (κ2) is 6.53. The number of carbonyl (C=O) groups excluding carboxylic acids is 2. The number of carbonyl (C=O) groups is 2. The lowest BCUT2D eigenvalue weighted by Gasteiger charge is -2.31. The maximum Gasteiger partial charge on any atom is 0.349 e. The van der Waals surface area contributed by atoms with Gasteiger partial charge in [-0.15, -0.1) is 0 Å². The van der Waals surface area contributed by atoms with Crippen molar-refractivity contribution in [1.29, 1.82) is 0 Å². The van der Waals surface area contributed by atoms with Crippen LogP contribution in [0.5, 0.6) is 0 Å². The highest BCUT2D eigenvalue weighted by molar-refractivity contribution is 6.30. The predicted molar refractivity (Wildman–Crippen MR) is 84.2 cm³/mol. The molecule has 22 heavy (non-hydrogen) atoms. The van der Waals surface area contributed by atoms with Crippen LogP contribution in [-0.2, 0) is 19.1 Å². The van der Waals surface area contributed by atoms with Gasteiger partial charge in [0.1, 0.15) is 5.57 Å². The Bertz CT molecular complexity index is 592. The molecule has 1 aliphatic heterocycles. The summed E-state index contributed by atoms with van der Waals surface area (Å²) in [4.78, 5) is 24.5. The largest absolute Gasteiger partial charge is 0.419 e. The first kappa shape index (κ1) is 16.6. The van der Waals surface area contributed by atoms with Crippen molar-refractivity contribution in [1.82, 2.24) is 0 Å². The van der Waals surface area contributed by atoms with Gasteiger partial charge in [-0.3, -0.25) is 0 Å². The summed E-state index contributed by atoms with van der Waals surface area (Å²) in [5.74, 6) is -2.50. The molecular formula is C17H19ClO4.